The van der Waals surface area contributed by atoms with Crippen molar-refractivity contribution in [2.75, 3.05) is 12.3 Å². The molecule has 8 nitrogen and oxygen atoms in total. The number of pyridine rings is 1. The zero-order chi connectivity index (χ0) is 18.5. The molecule has 26 heavy (non-hydrogen) atoms. The van der Waals surface area contributed by atoms with Crippen LogP contribution in [0.4, 0.5) is 5.95 Å². The number of hydrogen-bond donors (Lipinski definition) is 3. The summed E-state index contributed by atoms with van der Waals surface area (Å²) in [4.78, 5) is 32.8. The summed E-state index contributed by atoms with van der Waals surface area (Å²) in [6.45, 7) is 2.91. The average molecular weight is 358 g/mol. The van der Waals surface area contributed by atoms with E-state index >= 15 is 0 Å². The number of carbonyl (C=O) groups excluding carboxylic acids is 2. The Morgan fingerprint density at radius 2 is 2.08 bits per heavy atom. The number of aryl methyl sites for hydroxylation is 1. The molecule has 1 aliphatic carbocycles. The molecule has 2 aromatic rings. The maximum Gasteiger partial charge on any atom is 0.252 e. The number of imidazole rings is 1. The van der Waals surface area contributed by atoms with Crippen molar-refractivity contribution in [1.82, 2.24) is 25.2 Å². The molecule has 140 valence electrons. The van der Waals surface area contributed by atoms with Crippen molar-refractivity contribution in [3.8, 4) is 0 Å². The summed E-state index contributed by atoms with van der Waals surface area (Å²) in [6, 6.07) is 1.96. The average Bonchev–Trinajstić information content (AvgIpc) is 2.96. The van der Waals surface area contributed by atoms with E-state index in [4.69, 9.17) is 5.73 Å². The fourth-order valence-corrected chi connectivity index (χ4v) is 3.40. The summed E-state index contributed by atoms with van der Waals surface area (Å²) in [5, 5.41) is 5.80. The Bertz CT molecular complexity index is 794. The topological polar surface area (TPSA) is 115 Å². The largest absolute Gasteiger partial charge is 0.369 e. The summed E-state index contributed by atoms with van der Waals surface area (Å²) >= 11 is 0. The highest BCUT2D eigenvalue weighted by atomic mass is 16.2. The van der Waals surface area contributed by atoms with Crippen LogP contribution >= 0.6 is 0 Å². The molecule has 0 bridgehead atoms. The molecular weight excluding hydrogens is 332 g/mol. The lowest BCUT2D eigenvalue weighted by Gasteiger charge is -2.22. The minimum absolute atomic E-state index is 0.0137. The first-order chi connectivity index (χ1) is 12.6. The number of hydrogen-bond acceptors (Lipinski definition) is 5. The van der Waals surface area contributed by atoms with Gasteiger partial charge >= 0.3 is 0 Å². The number of nitrogens with two attached hydrogens (primary N) is 1. The standard InChI is InChI=1S/C18H26N6O2/c1-2-24-16-14(23-18(24)19)10-12(11-21-16)17(26)20-9-8-15(25)22-13-6-4-3-5-7-13/h10-11,13H,2-9H2,1H3,(H2,19,23)(H,20,26)(H,22,25). The van der Waals surface area contributed by atoms with Crippen LogP contribution in [0.3, 0.4) is 0 Å². The lowest BCUT2D eigenvalue weighted by atomic mass is 9.95. The fraction of sp³-hybridized carbons (Fsp3) is 0.556. The van der Waals surface area contributed by atoms with E-state index in [1.165, 1.54) is 25.5 Å². The third-order valence-corrected chi connectivity index (χ3v) is 4.80. The number of nitrogens with one attached hydrogen (secondary N) is 2. The summed E-state index contributed by atoms with van der Waals surface area (Å²) in [5.41, 5.74) is 7.51. The molecule has 2 amide bonds. The molecule has 1 aliphatic rings. The van der Waals surface area contributed by atoms with E-state index in [1.807, 2.05) is 6.92 Å². The van der Waals surface area contributed by atoms with Gasteiger partial charge in [-0.3, -0.25) is 14.2 Å². The normalized spacial score (nSPS) is 15.1. The number of aromatic nitrogens is 3. The number of carbonyl (C=O) groups is 2. The van der Waals surface area contributed by atoms with Gasteiger partial charge in [0, 0.05) is 31.7 Å². The maximum atomic E-state index is 12.3. The molecule has 8 heteroatoms. The Morgan fingerprint density at radius 3 is 2.81 bits per heavy atom. The van der Waals surface area contributed by atoms with E-state index in [1.54, 1.807) is 10.6 Å². The third-order valence-electron chi connectivity index (χ3n) is 4.80. The van der Waals surface area contributed by atoms with Crippen molar-refractivity contribution >= 4 is 28.9 Å². The van der Waals surface area contributed by atoms with E-state index in [2.05, 4.69) is 20.6 Å². The van der Waals surface area contributed by atoms with Crippen molar-refractivity contribution < 1.29 is 9.59 Å². The molecule has 0 atom stereocenters. The lowest BCUT2D eigenvalue weighted by molar-refractivity contribution is -0.121. The van der Waals surface area contributed by atoms with Gasteiger partial charge in [-0.25, -0.2) is 9.97 Å². The smallest absolute Gasteiger partial charge is 0.252 e. The van der Waals surface area contributed by atoms with E-state index in [0.29, 0.717) is 35.8 Å². The zero-order valence-corrected chi connectivity index (χ0v) is 15.1. The Balaban J connectivity index is 1.51. The van der Waals surface area contributed by atoms with Gasteiger partial charge in [0.25, 0.3) is 5.91 Å². The molecule has 1 fully saturated rings. The van der Waals surface area contributed by atoms with Gasteiger partial charge in [0.15, 0.2) is 5.65 Å². The van der Waals surface area contributed by atoms with Gasteiger partial charge in [0.05, 0.1) is 5.56 Å². The van der Waals surface area contributed by atoms with Crippen LogP contribution < -0.4 is 16.4 Å². The molecule has 1 saturated carbocycles. The first-order valence-corrected chi connectivity index (χ1v) is 9.27. The molecule has 0 aliphatic heterocycles. The van der Waals surface area contributed by atoms with Gasteiger partial charge in [0.1, 0.15) is 5.52 Å². The second kappa shape index (κ2) is 8.16. The van der Waals surface area contributed by atoms with Gasteiger partial charge in [-0.15, -0.1) is 0 Å². The van der Waals surface area contributed by atoms with Crippen LogP contribution in [-0.4, -0.2) is 38.9 Å². The van der Waals surface area contributed by atoms with Crippen LogP contribution in [-0.2, 0) is 11.3 Å². The van der Waals surface area contributed by atoms with Crippen molar-refractivity contribution in [1.29, 1.82) is 0 Å². The SMILES string of the molecule is CCn1c(N)nc2cc(C(=O)NCCC(=O)NC3CCCCC3)cnc21. The van der Waals surface area contributed by atoms with Crippen molar-refractivity contribution in [3.63, 3.8) is 0 Å². The molecular formula is C18H26N6O2. The lowest BCUT2D eigenvalue weighted by Crippen LogP contribution is -2.38. The Hall–Kier alpha value is -2.64. The Morgan fingerprint density at radius 1 is 1.31 bits per heavy atom. The number of amides is 2. The molecule has 0 saturated heterocycles. The second-order valence-corrected chi connectivity index (χ2v) is 6.69. The van der Waals surface area contributed by atoms with Gasteiger partial charge in [-0.05, 0) is 25.8 Å². The monoisotopic (exact) mass is 358 g/mol. The summed E-state index contributed by atoms with van der Waals surface area (Å²) in [5.74, 6) is 0.0988. The Labute approximate surface area is 152 Å². The molecule has 0 unspecified atom stereocenters. The van der Waals surface area contributed by atoms with E-state index in [0.717, 1.165) is 12.8 Å². The zero-order valence-electron chi connectivity index (χ0n) is 15.1. The first kappa shape index (κ1) is 18.2. The minimum atomic E-state index is -0.269. The van der Waals surface area contributed by atoms with Crippen molar-refractivity contribution in [2.45, 2.75) is 58.0 Å². The van der Waals surface area contributed by atoms with Crippen LogP contribution in [0.1, 0.15) is 55.8 Å². The molecule has 4 N–H and O–H groups in total. The first-order valence-electron chi connectivity index (χ1n) is 9.27. The highest BCUT2D eigenvalue weighted by Gasteiger charge is 2.16. The molecule has 0 spiro atoms. The number of nitrogen functional groups attached to an aromatic ring is 1. The summed E-state index contributed by atoms with van der Waals surface area (Å²) < 4.78 is 1.78. The van der Waals surface area contributed by atoms with Gasteiger partial charge in [-0.2, -0.15) is 0 Å². The predicted octanol–water partition coefficient (Wildman–Crippen LogP) is 1.60. The minimum Gasteiger partial charge on any atom is -0.369 e. The molecule has 0 aromatic carbocycles. The summed E-state index contributed by atoms with van der Waals surface area (Å²) in [6.07, 6.45) is 7.49. The highest BCUT2D eigenvalue weighted by Crippen LogP contribution is 2.18. The van der Waals surface area contributed by atoms with Crippen molar-refractivity contribution in [3.05, 3.63) is 17.8 Å². The van der Waals surface area contributed by atoms with Crippen LogP contribution in [0.15, 0.2) is 12.3 Å². The number of rotatable bonds is 6. The Kier molecular flexibility index (Phi) is 5.70. The second-order valence-electron chi connectivity index (χ2n) is 6.69. The highest BCUT2D eigenvalue weighted by molar-refractivity contribution is 5.96. The number of fused-ring (bicyclic) bond motifs is 1. The van der Waals surface area contributed by atoms with Crippen molar-refractivity contribution in [2.24, 2.45) is 0 Å². The predicted molar refractivity (Wildman–Crippen MR) is 99.6 cm³/mol. The van der Waals surface area contributed by atoms with E-state index in [9.17, 15) is 9.59 Å². The van der Waals surface area contributed by atoms with Crippen LogP contribution in [0, 0.1) is 0 Å². The number of anilines is 1. The molecule has 3 rings (SSSR count). The van der Waals surface area contributed by atoms with Gasteiger partial charge < -0.3 is 16.4 Å². The molecule has 0 radical (unpaired) electrons. The van der Waals surface area contributed by atoms with E-state index in [-0.39, 0.29) is 24.3 Å². The molecule has 2 aromatic heterocycles. The van der Waals surface area contributed by atoms with Crippen LogP contribution in [0.25, 0.3) is 11.2 Å². The van der Waals surface area contributed by atoms with Crippen LogP contribution in [0.5, 0.6) is 0 Å². The van der Waals surface area contributed by atoms with Gasteiger partial charge in [-0.1, -0.05) is 19.3 Å². The number of nitrogens with zero attached hydrogens (tertiary/aromatic N) is 3. The van der Waals surface area contributed by atoms with Gasteiger partial charge in [0.2, 0.25) is 11.9 Å². The van der Waals surface area contributed by atoms with Crippen LogP contribution in [0.2, 0.25) is 0 Å². The molecule has 2 heterocycles. The third kappa shape index (κ3) is 4.12. The maximum absolute atomic E-state index is 12.3. The van der Waals surface area contributed by atoms with E-state index < -0.39 is 0 Å². The fourth-order valence-electron chi connectivity index (χ4n) is 3.40. The quantitative estimate of drug-likeness (QED) is 0.725. The summed E-state index contributed by atoms with van der Waals surface area (Å²) in [7, 11) is 0.